The Labute approximate surface area is 173 Å². The van der Waals surface area contributed by atoms with E-state index in [9.17, 15) is 13.2 Å². The number of amides is 1. The van der Waals surface area contributed by atoms with Gasteiger partial charge in [-0.15, -0.1) is 0 Å². The molecule has 29 heavy (non-hydrogen) atoms. The van der Waals surface area contributed by atoms with Crippen molar-refractivity contribution in [2.75, 3.05) is 24.7 Å². The Morgan fingerprint density at radius 3 is 2.14 bits per heavy atom. The Morgan fingerprint density at radius 1 is 1.07 bits per heavy atom. The Kier molecular flexibility index (Phi) is 6.95. The Morgan fingerprint density at radius 2 is 1.66 bits per heavy atom. The second-order valence-corrected chi connectivity index (χ2v) is 9.59. The number of nitrogens with one attached hydrogen (secondary N) is 1. The average Bonchev–Trinajstić information content (AvgIpc) is 2.65. The topological polar surface area (TPSA) is 75.7 Å². The van der Waals surface area contributed by atoms with Crippen molar-refractivity contribution < 1.29 is 17.9 Å². The number of methoxy groups -OCH3 is 1. The van der Waals surface area contributed by atoms with Gasteiger partial charge >= 0.3 is 0 Å². The van der Waals surface area contributed by atoms with Crippen LogP contribution in [0, 0.1) is 6.92 Å². The van der Waals surface area contributed by atoms with Crippen LogP contribution in [-0.2, 0) is 10.0 Å². The molecule has 0 spiro atoms. The van der Waals surface area contributed by atoms with Gasteiger partial charge in [0.2, 0.25) is 10.0 Å². The van der Waals surface area contributed by atoms with E-state index in [-0.39, 0.29) is 11.9 Å². The maximum Gasteiger partial charge on any atom is 0.251 e. The fraction of sp³-hybridized carbons (Fsp3) is 0.409. The fourth-order valence-corrected chi connectivity index (χ4v) is 3.69. The number of anilines is 1. The summed E-state index contributed by atoms with van der Waals surface area (Å²) in [7, 11) is -0.203. The first-order valence-corrected chi connectivity index (χ1v) is 11.3. The minimum Gasteiger partial charge on any atom is -0.496 e. The number of carbonyl (C=O) groups is 1. The Balaban J connectivity index is 2.22. The second kappa shape index (κ2) is 8.86. The molecule has 158 valence electrons. The van der Waals surface area contributed by atoms with Crippen molar-refractivity contribution in [3.8, 4) is 5.75 Å². The third-order valence-electron chi connectivity index (χ3n) is 5.05. The zero-order chi connectivity index (χ0) is 21.9. The first kappa shape index (κ1) is 22.7. The number of sulfonamides is 1. The van der Waals surface area contributed by atoms with Gasteiger partial charge in [0.15, 0.2) is 0 Å². The molecule has 0 saturated heterocycles. The molecule has 0 aromatic heterocycles. The highest BCUT2D eigenvalue weighted by atomic mass is 32.2. The predicted molar refractivity (Wildman–Crippen MR) is 117 cm³/mol. The van der Waals surface area contributed by atoms with E-state index in [1.54, 1.807) is 31.4 Å². The first-order chi connectivity index (χ1) is 13.5. The summed E-state index contributed by atoms with van der Waals surface area (Å²) >= 11 is 0. The molecule has 0 saturated carbocycles. The summed E-state index contributed by atoms with van der Waals surface area (Å²) in [6.07, 6.45) is 1.14. The number of rotatable bonds is 7. The molecular weight excluding hydrogens is 388 g/mol. The zero-order valence-corrected chi connectivity index (χ0v) is 18.9. The highest BCUT2D eigenvalue weighted by Crippen LogP contribution is 2.32. The van der Waals surface area contributed by atoms with Crippen LogP contribution in [0.1, 0.15) is 59.8 Å². The summed E-state index contributed by atoms with van der Waals surface area (Å²) in [5, 5.41) is 3.02. The summed E-state index contributed by atoms with van der Waals surface area (Å²) in [5.41, 5.74) is 4.16. The minimum atomic E-state index is -3.34. The van der Waals surface area contributed by atoms with E-state index < -0.39 is 10.0 Å². The molecule has 2 aromatic rings. The van der Waals surface area contributed by atoms with Crippen molar-refractivity contribution in [1.29, 1.82) is 0 Å². The van der Waals surface area contributed by atoms with Crippen molar-refractivity contribution in [2.45, 2.75) is 39.7 Å². The van der Waals surface area contributed by atoms with Crippen LogP contribution in [0.5, 0.6) is 5.75 Å². The van der Waals surface area contributed by atoms with Gasteiger partial charge < -0.3 is 10.1 Å². The van der Waals surface area contributed by atoms with E-state index in [1.165, 1.54) is 11.4 Å². The maximum absolute atomic E-state index is 12.7. The van der Waals surface area contributed by atoms with Gasteiger partial charge in [0.25, 0.3) is 5.91 Å². The quantitative estimate of drug-likeness (QED) is 0.737. The average molecular weight is 419 g/mol. The van der Waals surface area contributed by atoms with Crippen molar-refractivity contribution in [3.63, 3.8) is 0 Å². The van der Waals surface area contributed by atoms with Crippen LogP contribution >= 0.6 is 0 Å². The van der Waals surface area contributed by atoms with E-state index in [2.05, 4.69) is 25.2 Å². The molecular formula is C22H30N2O4S. The Hall–Kier alpha value is -2.54. The molecule has 0 aliphatic carbocycles. The van der Waals surface area contributed by atoms with E-state index in [0.717, 1.165) is 28.7 Å². The molecule has 1 amide bonds. The van der Waals surface area contributed by atoms with Gasteiger partial charge in [-0.1, -0.05) is 13.8 Å². The second-order valence-electron chi connectivity index (χ2n) is 7.58. The molecule has 0 bridgehead atoms. The number of carbonyl (C=O) groups excluding carboxylic acids is 1. The zero-order valence-electron chi connectivity index (χ0n) is 18.1. The van der Waals surface area contributed by atoms with Crippen LogP contribution in [0.2, 0.25) is 0 Å². The maximum atomic E-state index is 12.7. The number of aryl methyl sites for hydroxylation is 1. The molecule has 0 aliphatic heterocycles. The van der Waals surface area contributed by atoms with E-state index in [0.29, 0.717) is 17.2 Å². The summed E-state index contributed by atoms with van der Waals surface area (Å²) < 4.78 is 30.0. The van der Waals surface area contributed by atoms with Gasteiger partial charge in [-0.25, -0.2) is 8.42 Å². The number of hydrogen-bond acceptors (Lipinski definition) is 4. The van der Waals surface area contributed by atoms with Gasteiger partial charge in [-0.3, -0.25) is 9.10 Å². The summed E-state index contributed by atoms with van der Waals surface area (Å²) in [4.78, 5) is 12.7. The minimum absolute atomic E-state index is 0.190. The lowest BCUT2D eigenvalue weighted by atomic mass is 9.93. The lowest BCUT2D eigenvalue weighted by Crippen LogP contribution is -2.28. The lowest BCUT2D eigenvalue weighted by Gasteiger charge is -2.21. The standard InChI is InChI=1S/C22H30N2O4S/c1-14(2)19-13-20(15(3)12-21(19)28-6)16(4)23-22(25)17-8-10-18(11-9-17)24(5)29(7,26)27/h8-14,16H,1-7H3,(H,23,25)/t16-/m0/s1. The first-order valence-electron chi connectivity index (χ1n) is 9.49. The molecule has 1 N–H and O–H groups in total. The lowest BCUT2D eigenvalue weighted by molar-refractivity contribution is 0.0940. The normalized spacial score (nSPS) is 12.6. The number of benzene rings is 2. The summed E-state index contributed by atoms with van der Waals surface area (Å²) in [5.74, 6) is 0.935. The number of ether oxygens (including phenoxy) is 1. The van der Waals surface area contributed by atoms with Gasteiger partial charge in [0.1, 0.15) is 5.75 Å². The van der Waals surface area contributed by atoms with Gasteiger partial charge in [-0.05, 0) is 72.9 Å². The molecule has 7 heteroatoms. The van der Waals surface area contributed by atoms with E-state index in [1.807, 2.05) is 19.9 Å². The largest absolute Gasteiger partial charge is 0.496 e. The third kappa shape index (κ3) is 5.29. The summed E-state index contributed by atoms with van der Waals surface area (Å²) in [6.45, 7) is 8.16. The summed E-state index contributed by atoms with van der Waals surface area (Å²) in [6, 6.07) is 10.4. The van der Waals surface area contributed by atoms with Crippen molar-refractivity contribution in [2.24, 2.45) is 0 Å². The van der Waals surface area contributed by atoms with Crippen LogP contribution in [0.4, 0.5) is 5.69 Å². The molecule has 0 unspecified atom stereocenters. The molecule has 0 radical (unpaired) electrons. The number of hydrogen-bond donors (Lipinski definition) is 1. The predicted octanol–water partition coefficient (Wildman–Crippen LogP) is 4.01. The highest BCUT2D eigenvalue weighted by molar-refractivity contribution is 7.92. The van der Waals surface area contributed by atoms with Crippen LogP contribution < -0.4 is 14.4 Å². The smallest absolute Gasteiger partial charge is 0.251 e. The van der Waals surface area contributed by atoms with E-state index in [4.69, 9.17) is 4.74 Å². The number of nitrogens with zero attached hydrogens (tertiary/aromatic N) is 1. The molecule has 1 atom stereocenters. The van der Waals surface area contributed by atoms with Gasteiger partial charge in [-0.2, -0.15) is 0 Å². The van der Waals surface area contributed by atoms with Crippen LogP contribution in [0.25, 0.3) is 0 Å². The molecule has 2 rings (SSSR count). The third-order valence-corrected chi connectivity index (χ3v) is 6.25. The highest BCUT2D eigenvalue weighted by Gasteiger charge is 2.18. The van der Waals surface area contributed by atoms with Gasteiger partial charge in [0, 0.05) is 12.6 Å². The van der Waals surface area contributed by atoms with Crippen LogP contribution in [0.15, 0.2) is 36.4 Å². The fourth-order valence-electron chi connectivity index (χ4n) is 3.18. The van der Waals surface area contributed by atoms with Crippen molar-refractivity contribution in [1.82, 2.24) is 5.32 Å². The van der Waals surface area contributed by atoms with Crippen molar-refractivity contribution in [3.05, 3.63) is 58.7 Å². The molecule has 0 heterocycles. The van der Waals surface area contributed by atoms with Crippen LogP contribution in [0.3, 0.4) is 0 Å². The van der Waals surface area contributed by atoms with Crippen molar-refractivity contribution >= 4 is 21.6 Å². The molecule has 6 nitrogen and oxygen atoms in total. The Bertz CT molecular complexity index is 983. The molecule has 0 aliphatic rings. The van der Waals surface area contributed by atoms with Gasteiger partial charge in [0.05, 0.1) is 25.1 Å². The van der Waals surface area contributed by atoms with E-state index >= 15 is 0 Å². The molecule has 0 fully saturated rings. The van der Waals surface area contributed by atoms with Crippen LogP contribution in [-0.4, -0.2) is 34.7 Å². The molecule has 2 aromatic carbocycles. The monoisotopic (exact) mass is 418 g/mol. The SMILES string of the molecule is COc1cc(C)c([C@H](C)NC(=O)c2ccc(N(C)S(C)(=O)=O)cc2)cc1C(C)C.